The minimum absolute atomic E-state index is 0.0605. The van der Waals surface area contributed by atoms with E-state index in [-0.39, 0.29) is 40.6 Å². The number of benzene rings is 1. The minimum Gasteiger partial charge on any atom is -0.494 e. The van der Waals surface area contributed by atoms with E-state index in [9.17, 15) is 18.0 Å². The fourth-order valence-electron chi connectivity index (χ4n) is 4.36. The third-order valence-electron chi connectivity index (χ3n) is 6.68. The summed E-state index contributed by atoms with van der Waals surface area (Å²) in [6.07, 6.45) is 2.73. The Morgan fingerprint density at radius 1 is 1.17 bits per heavy atom. The number of nitrogens with one attached hydrogen (secondary N) is 3. The number of ether oxygens (including phenoxy) is 1. The molecule has 2 fully saturated rings. The van der Waals surface area contributed by atoms with Crippen molar-refractivity contribution in [2.45, 2.75) is 19.4 Å². The molecule has 2 aliphatic rings. The van der Waals surface area contributed by atoms with Crippen molar-refractivity contribution in [1.82, 2.24) is 34.9 Å². The molecule has 1 aromatic carbocycles. The molecule has 16 heteroatoms. The van der Waals surface area contributed by atoms with Gasteiger partial charge in [-0.3, -0.25) is 14.5 Å². The second-order valence-electron chi connectivity index (χ2n) is 9.67. The van der Waals surface area contributed by atoms with Gasteiger partial charge in [-0.15, -0.1) is 10.2 Å². The number of hydrogen-bond donors (Lipinski definition) is 3. The summed E-state index contributed by atoms with van der Waals surface area (Å²) in [5, 5.41) is 19.5. The molecular weight excluding hydrogens is 554 g/mol. The highest BCUT2D eigenvalue weighted by molar-refractivity contribution is 7.88. The number of amides is 2. The predicted octanol–water partition coefficient (Wildman–Crippen LogP) is 1.06. The lowest BCUT2D eigenvalue weighted by molar-refractivity contribution is -0.117. The van der Waals surface area contributed by atoms with Gasteiger partial charge in [-0.1, -0.05) is 11.2 Å². The zero-order valence-electron chi connectivity index (χ0n) is 25.4. The Labute approximate surface area is 240 Å². The molecule has 0 bridgehead atoms. The topological polar surface area (TPSA) is 185 Å². The Morgan fingerprint density at radius 3 is 2.63 bits per heavy atom. The number of carbonyl (C=O) groups is 2. The maximum absolute atomic E-state index is 12.8. The number of aromatic nitrogens is 4. The van der Waals surface area contributed by atoms with Gasteiger partial charge in [-0.25, -0.2) is 8.42 Å². The number of rotatable bonds is 10. The third-order valence-corrected chi connectivity index (χ3v) is 7.98. The number of carbonyl (C=O) groups excluding carboxylic acids is 2. The van der Waals surface area contributed by atoms with E-state index < -0.39 is 22.9 Å². The normalized spacial score (nSPS) is 17.7. The summed E-state index contributed by atoms with van der Waals surface area (Å²) in [5.41, 5.74) is 0.539. The first-order chi connectivity index (χ1) is 20.8. The van der Waals surface area contributed by atoms with Crippen molar-refractivity contribution < 1.29 is 31.4 Å². The lowest BCUT2D eigenvalue weighted by Crippen LogP contribution is -2.47. The third kappa shape index (κ3) is 6.61. The van der Waals surface area contributed by atoms with Crippen molar-refractivity contribution in [3.05, 3.63) is 35.9 Å². The maximum Gasteiger partial charge on any atom is 0.273 e. The molecule has 3 heterocycles. The van der Waals surface area contributed by atoms with Gasteiger partial charge in [0.15, 0.2) is 17.3 Å². The number of piperazine rings is 1. The lowest BCUT2D eigenvalue weighted by Gasteiger charge is -2.32. The minimum atomic E-state index is -3.25. The Bertz CT molecular complexity index is 1650. The van der Waals surface area contributed by atoms with Crippen LogP contribution in [0.1, 0.15) is 33.3 Å². The molecule has 1 saturated carbocycles. The molecule has 0 spiro atoms. The molecule has 3 aromatic rings. The number of para-hydroxylation sites is 1. The second kappa shape index (κ2) is 11.8. The van der Waals surface area contributed by atoms with Crippen LogP contribution in [0.3, 0.4) is 0 Å². The monoisotopic (exact) mass is 588 g/mol. The van der Waals surface area contributed by atoms with Crippen LogP contribution in [0.5, 0.6) is 5.75 Å². The van der Waals surface area contributed by atoms with Crippen LogP contribution in [0.25, 0.3) is 11.4 Å². The summed E-state index contributed by atoms with van der Waals surface area (Å²) in [6, 6.07) is 6.42. The Hall–Kier alpha value is -4.15. The fourth-order valence-corrected chi connectivity index (χ4v) is 5.19. The number of sulfonamides is 1. The van der Waals surface area contributed by atoms with E-state index in [0.29, 0.717) is 49.9 Å². The number of anilines is 3. The van der Waals surface area contributed by atoms with Gasteiger partial charge in [-0.05, 0) is 25.0 Å². The molecule has 1 aliphatic carbocycles. The standard InChI is InChI=1S/C25H31N9O6S/c1-26-25(36)21-18(13-19(30-31-21)28-24(35)15-7-8-15)27-17-6-4-5-16(22(17)39-2)23-29-20(40-32-23)14-33-9-11-34(12-10-33)41(3,37)38/h4-6,13,15H,7-12,14H2,1-3H3,(H,26,36)(H2,27,28,30,35)/i1D3. The van der Waals surface area contributed by atoms with Gasteiger partial charge in [-0.2, -0.15) is 9.29 Å². The van der Waals surface area contributed by atoms with Gasteiger partial charge in [0.1, 0.15) is 0 Å². The van der Waals surface area contributed by atoms with Crippen LogP contribution in [-0.4, -0.2) is 96.3 Å². The summed E-state index contributed by atoms with van der Waals surface area (Å²) < 4.78 is 58.3. The molecule has 0 atom stereocenters. The first kappa shape index (κ1) is 24.6. The first-order valence-corrected chi connectivity index (χ1v) is 14.6. The van der Waals surface area contributed by atoms with Crippen molar-refractivity contribution in [2.24, 2.45) is 5.92 Å². The number of nitrogens with zero attached hydrogens (tertiary/aromatic N) is 6. The van der Waals surface area contributed by atoms with Crippen LogP contribution in [0.2, 0.25) is 0 Å². The summed E-state index contributed by atoms with van der Waals surface area (Å²) in [7, 11) is -1.82. The predicted molar refractivity (Wildman–Crippen MR) is 148 cm³/mol. The Kier molecular flexibility index (Phi) is 7.06. The molecular formula is C25H31N9O6S. The van der Waals surface area contributed by atoms with E-state index in [1.807, 2.05) is 10.2 Å². The highest BCUT2D eigenvalue weighted by Gasteiger charge is 2.30. The van der Waals surface area contributed by atoms with Crippen LogP contribution in [-0.2, 0) is 21.4 Å². The van der Waals surface area contributed by atoms with Gasteiger partial charge in [0, 0.05) is 49.3 Å². The van der Waals surface area contributed by atoms with Crippen molar-refractivity contribution in [1.29, 1.82) is 0 Å². The molecule has 0 unspecified atom stereocenters. The summed E-state index contributed by atoms with van der Waals surface area (Å²) in [5.74, 6) is -0.438. The molecule has 3 N–H and O–H groups in total. The average Bonchev–Trinajstić information content (AvgIpc) is 3.71. The van der Waals surface area contributed by atoms with Gasteiger partial charge in [0.2, 0.25) is 27.6 Å². The molecule has 5 rings (SSSR count). The molecule has 15 nitrogen and oxygen atoms in total. The van der Waals surface area contributed by atoms with Gasteiger partial charge >= 0.3 is 0 Å². The van der Waals surface area contributed by atoms with Gasteiger partial charge < -0.3 is 25.2 Å². The molecule has 0 radical (unpaired) electrons. The van der Waals surface area contributed by atoms with Gasteiger partial charge in [0.05, 0.1) is 36.8 Å². The van der Waals surface area contributed by atoms with Crippen LogP contribution in [0.15, 0.2) is 28.8 Å². The van der Waals surface area contributed by atoms with Crippen LogP contribution in [0, 0.1) is 5.92 Å². The molecule has 41 heavy (non-hydrogen) atoms. The van der Waals surface area contributed by atoms with E-state index in [0.717, 1.165) is 12.8 Å². The van der Waals surface area contributed by atoms with Crippen molar-refractivity contribution in [2.75, 3.05) is 57.2 Å². The average molecular weight is 589 g/mol. The zero-order valence-corrected chi connectivity index (χ0v) is 23.2. The first-order valence-electron chi connectivity index (χ1n) is 14.3. The van der Waals surface area contributed by atoms with Crippen molar-refractivity contribution >= 4 is 39.0 Å². The van der Waals surface area contributed by atoms with Crippen LogP contribution in [0.4, 0.5) is 17.2 Å². The van der Waals surface area contributed by atoms with Crippen molar-refractivity contribution in [3.63, 3.8) is 0 Å². The fraction of sp³-hybridized carbons (Fsp3) is 0.440. The van der Waals surface area contributed by atoms with E-state index in [4.69, 9.17) is 13.4 Å². The zero-order chi connectivity index (χ0) is 31.6. The summed E-state index contributed by atoms with van der Waals surface area (Å²) in [4.78, 5) is 31.6. The number of methoxy groups -OCH3 is 1. The summed E-state index contributed by atoms with van der Waals surface area (Å²) in [6.45, 7) is -0.704. The smallest absolute Gasteiger partial charge is 0.273 e. The molecule has 1 aliphatic heterocycles. The number of hydrogen-bond acceptors (Lipinski definition) is 12. The second-order valence-corrected chi connectivity index (χ2v) is 11.7. The van der Waals surface area contributed by atoms with E-state index in [2.05, 4.69) is 31.0 Å². The highest BCUT2D eigenvalue weighted by Crippen LogP contribution is 2.37. The largest absolute Gasteiger partial charge is 0.494 e. The van der Waals surface area contributed by atoms with Gasteiger partial charge in [0.25, 0.3) is 5.91 Å². The van der Waals surface area contributed by atoms with Crippen molar-refractivity contribution in [3.8, 4) is 17.1 Å². The molecule has 218 valence electrons. The van der Waals surface area contributed by atoms with E-state index in [1.165, 1.54) is 23.7 Å². The molecule has 1 saturated heterocycles. The van der Waals surface area contributed by atoms with E-state index >= 15 is 0 Å². The maximum atomic E-state index is 12.8. The molecule has 2 aromatic heterocycles. The highest BCUT2D eigenvalue weighted by atomic mass is 32.2. The van der Waals surface area contributed by atoms with E-state index in [1.54, 1.807) is 18.2 Å². The summed E-state index contributed by atoms with van der Waals surface area (Å²) >= 11 is 0. The molecule has 2 amide bonds. The quantitative estimate of drug-likeness (QED) is 0.306. The lowest BCUT2D eigenvalue weighted by atomic mass is 10.1. The Morgan fingerprint density at radius 2 is 1.95 bits per heavy atom. The Balaban J connectivity index is 1.38. The van der Waals surface area contributed by atoms with Crippen LogP contribution >= 0.6 is 0 Å². The SMILES string of the molecule is [2H]C([2H])([2H])NC(=O)c1nnc(NC(=O)C2CC2)cc1Nc1cccc(-c2noc(CN3CCN(S(C)(=O)=O)CC3)n2)c1OC. The van der Waals surface area contributed by atoms with Crippen LogP contribution < -0.4 is 20.7 Å².